The first kappa shape index (κ1) is 14.1. The van der Waals surface area contributed by atoms with E-state index in [9.17, 15) is 10.1 Å². The van der Waals surface area contributed by atoms with Crippen LogP contribution in [0.2, 0.25) is 10.3 Å². The van der Waals surface area contributed by atoms with Crippen LogP contribution in [0.5, 0.6) is 0 Å². The number of pyridine rings is 1. The van der Waals surface area contributed by atoms with Crippen LogP contribution in [0.3, 0.4) is 0 Å². The number of carbonyl (C=O) groups is 1. The van der Waals surface area contributed by atoms with Gasteiger partial charge in [-0.15, -0.1) is 0 Å². The molecule has 4 nitrogen and oxygen atoms in total. The zero-order valence-electron chi connectivity index (χ0n) is 10.2. The fourth-order valence-electron chi connectivity index (χ4n) is 2.31. The van der Waals surface area contributed by atoms with Crippen molar-refractivity contribution < 1.29 is 4.79 Å². The third-order valence-electron chi connectivity index (χ3n) is 3.30. The van der Waals surface area contributed by atoms with Crippen molar-refractivity contribution in [3.05, 3.63) is 28.0 Å². The molecule has 0 saturated heterocycles. The Morgan fingerprint density at radius 3 is 2.37 bits per heavy atom. The quantitative estimate of drug-likeness (QED) is 0.851. The Labute approximate surface area is 121 Å². The molecule has 1 aromatic rings. The number of nitrogens with one attached hydrogen (secondary N) is 1. The molecule has 2 rings (SSSR count). The van der Waals surface area contributed by atoms with Crippen molar-refractivity contribution in [2.24, 2.45) is 0 Å². The second-order valence-corrected chi connectivity index (χ2v) is 5.48. The minimum atomic E-state index is -0.766. The Kier molecular flexibility index (Phi) is 4.28. The monoisotopic (exact) mass is 297 g/mol. The summed E-state index contributed by atoms with van der Waals surface area (Å²) in [6, 6.07) is 5.12. The molecule has 1 aliphatic rings. The van der Waals surface area contributed by atoms with E-state index in [1.807, 2.05) is 0 Å². The molecular weight excluding hydrogens is 285 g/mol. The molecule has 1 aliphatic carbocycles. The SMILES string of the molecule is N#CC1(NC(=O)c2cc(Cl)nc(Cl)c2)CCCCC1. The third kappa shape index (κ3) is 3.37. The van der Waals surface area contributed by atoms with Crippen LogP contribution in [0.15, 0.2) is 12.1 Å². The molecule has 1 amide bonds. The Balaban J connectivity index is 2.18. The van der Waals surface area contributed by atoms with Gasteiger partial charge in [0, 0.05) is 5.56 Å². The lowest BCUT2D eigenvalue weighted by Gasteiger charge is -2.31. The second kappa shape index (κ2) is 5.77. The first-order valence-corrected chi connectivity index (χ1v) is 6.87. The molecular formula is C13H13Cl2N3O. The highest BCUT2D eigenvalue weighted by Crippen LogP contribution is 2.28. The largest absolute Gasteiger partial charge is 0.334 e. The summed E-state index contributed by atoms with van der Waals surface area (Å²) in [4.78, 5) is 16.0. The minimum Gasteiger partial charge on any atom is -0.334 e. The van der Waals surface area contributed by atoms with Gasteiger partial charge in [-0.05, 0) is 25.0 Å². The lowest BCUT2D eigenvalue weighted by Crippen LogP contribution is -2.48. The van der Waals surface area contributed by atoms with Gasteiger partial charge >= 0.3 is 0 Å². The van der Waals surface area contributed by atoms with Gasteiger partial charge in [-0.25, -0.2) is 4.98 Å². The van der Waals surface area contributed by atoms with E-state index >= 15 is 0 Å². The zero-order chi connectivity index (χ0) is 13.9. The predicted octanol–water partition coefficient (Wildman–Crippen LogP) is 3.34. The van der Waals surface area contributed by atoms with E-state index < -0.39 is 5.54 Å². The number of nitrogens with zero attached hydrogens (tertiary/aromatic N) is 2. The first-order chi connectivity index (χ1) is 9.04. The highest BCUT2D eigenvalue weighted by Gasteiger charge is 2.33. The van der Waals surface area contributed by atoms with E-state index in [2.05, 4.69) is 16.4 Å². The van der Waals surface area contributed by atoms with Gasteiger partial charge in [0.25, 0.3) is 5.91 Å². The summed E-state index contributed by atoms with van der Waals surface area (Å²) in [7, 11) is 0. The molecule has 1 aromatic heterocycles. The minimum absolute atomic E-state index is 0.160. The number of hydrogen-bond donors (Lipinski definition) is 1. The standard InChI is InChI=1S/C13H13Cl2N3O/c14-10-6-9(7-11(15)17-10)12(19)18-13(8-16)4-2-1-3-5-13/h6-7H,1-5H2,(H,18,19). The summed E-state index contributed by atoms with van der Waals surface area (Å²) < 4.78 is 0. The van der Waals surface area contributed by atoms with Crippen molar-refractivity contribution in [1.82, 2.24) is 10.3 Å². The Morgan fingerprint density at radius 1 is 1.26 bits per heavy atom. The van der Waals surface area contributed by atoms with E-state index in [0.29, 0.717) is 18.4 Å². The van der Waals surface area contributed by atoms with E-state index in [0.717, 1.165) is 19.3 Å². The topological polar surface area (TPSA) is 65.8 Å². The van der Waals surface area contributed by atoms with Crippen LogP contribution in [-0.2, 0) is 0 Å². The van der Waals surface area contributed by atoms with Crippen molar-refractivity contribution in [3.8, 4) is 6.07 Å². The molecule has 1 fully saturated rings. The lowest BCUT2D eigenvalue weighted by molar-refractivity contribution is 0.0902. The van der Waals surface area contributed by atoms with Crippen LogP contribution in [0.4, 0.5) is 0 Å². The highest BCUT2D eigenvalue weighted by atomic mass is 35.5. The normalized spacial score (nSPS) is 17.5. The molecule has 0 aromatic carbocycles. The molecule has 0 radical (unpaired) electrons. The average Bonchev–Trinajstić information content (AvgIpc) is 2.38. The van der Waals surface area contributed by atoms with Crippen LogP contribution in [0.1, 0.15) is 42.5 Å². The summed E-state index contributed by atoms with van der Waals surface area (Å²) >= 11 is 11.5. The molecule has 100 valence electrons. The van der Waals surface area contributed by atoms with Gasteiger partial charge in [0.15, 0.2) is 0 Å². The summed E-state index contributed by atoms with van der Waals surface area (Å²) in [5.74, 6) is -0.338. The van der Waals surface area contributed by atoms with Crippen LogP contribution in [-0.4, -0.2) is 16.4 Å². The number of nitriles is 1. The fraction of sp³-hybridized carbons (Fsp3) is 0.462. The maximum absolute atomic E-state index is 12.2. The van der Waals surface area contributed by atoms with Gasteiger partial charge in [0.05, 0.1) is 6.07 Å². The van der Waals surface area contributed by atoms with Crippen molar-refractivity contribution in [2.45, 2.75) is 37.6 Å². The first-order valence-electron chi connectivity index (χ1n) is 6.11. The smallest absolute Gasteiger partial charge is 0.252 e. The third-order valence-corrected chi connectivity index (χ3v) is 3.69. The van der Waals surface area contributed by atoms with Crippen molar-refractivity contribution >= 4 is 29.1 Å². The van der Waals surface area contributed by atoms with Crippen LogP contribution < -0.4 is 5.32 Å². The number of hydrogen-bond acceptors (Lipinski definition) is 3. The van der Waals surface area contributed by atoms with Gasteiger partial charge in [-0.2, -0.15) is 5.26 Å². The fourth-order valence-corrected chi connectivity index (χ4v) is 2.77. The van der Waals surface area contributed by atoms with Crippen molar-refractivity contribution in [3.63, 3.8) is 0 Å². The molecule has 1 heterocycles. The van der Waals surface area contributed by atoms with Gasteiger partial charge in [-0.3, -0.25) is 4.79 Å². The zero-order valence-corrected chi connectivity index (χ0v) is 11.8. The van der Waals surface area contributed by atoms with Gasteiger partial charge < -0.3 is 5.32 Å². The maximum Gasteiger partial charge on any atom is 0.252 e. The van der Waals surface area contributed by atoms with Gasteiger partial charge in [-0.1, -0.05) is 42.5 Å². The summed E-state index contributed by atoms with van der Waals surface area (Å²) in [6.07, 6.45) is 4.37. The molecule has 0 bridgehead atoms. The van der Waals surface area contributed by atoms with Crippen molar-refractivity contribution in [2.75, 3.05) is 0 Å². The lowest BCUT2D eigenvalue weighted by atomic mass is 9.82. The van der Waals surface area contributed by atoms with Gasteiger partial charge in [0.1, 0.15) is 15.8 Å². The molecule has 0 atom stereocenters. The maximum atomic E-state index is 12.2. The number of carbonyl (C=O) groups excluding carboxylic acids is 1. The van der Waals surface area contributed by atoms with Crippen molar-refractivity contribution in [1.29, 1.82) is 5.26 Å². The summed E-state index contributed by atoms with van der Waals surface area (Å²) in [5.41, 5.74) is -0.442. The number of amides is 1. The van der Waals surface area contributed by atoms with Crippen LogP contribution in [0.25, 0.3) is 0 Å². The molecule has 0 spiro atoms. The molecule has 6 heteroatoms. The van der Waals surface area contributed by atoms with E-state index in [-0.39, 0.29) is 16.2 Å². The van der Waals surface area contributed by atoms with Crippen LogP contribution in [0, 0.1) is 11.3 Å². The highest BCUT2D eigenvalue weighted by molar-refractivity contribution is 6.33. The predicted molar refractivity (Wildman–Crippen MR) is 73.2 cm³/mol. The van der Waals surface area contributed by atoms with E-state index in [1.165, 1.54) is 12.1 Å². The van der Waals surface area contributed by atoms with E-state index in [4.69, 9.17) is 23.2 Å². The molecule has 0 unspecified atom stereocenters. The van der Waals surface area contributed by atoms with Gasteiger partial charge in [0.2, 0.25) is 0 Å². The van der Waals surface area contributed by atoms with Crippen LogP contribution >= 0.6 is 23.2 Å². The molecule has 1 saturated carbocycles. The number of aromatic nitrogens is 1. The average molecular weight is 298 g/mol. The Morgan fingerprint density at radius 2 is 1.84 bits per heavy atom. The second-order valence-electron chi connectivity index (χ2n) is 4.71. The number of halogens is 2. The summed E-state index contributed by atoms with van der Waals surface area (Å²) in [6.45, 7) is 0. The molecule has 19 heavy (non-hydrogen) atoms. The Hall–Kier alpha value is -1.31. The van der Waals surface area contributed by atoms with E-state index in [1.54, 1.807) is 0 Å². The Bertz CT molecular complexity index is 513. The summed E-state index contributed by atoms with van der Waals surface area (Å²) in [5, 5.41) is 12.4. The molecule has 0 aliphatic heterocycles. The number of rotatable bonds is 2. The molecule has 1 N–H and O–H groups in total.